The number of ether oxygens (including phenoxy) is 4. The van der Waals surface area contributed by atoms with Crippen LogP contribution >= 0.6 is 0 Å². The number of fused-ring (bicyclic) bond motifs is 8. The fourth-order valence-corrected chi connectivity index (χ4v) is 11.3. The number of nitrogens with one attached hydrogen (secondary N) is 6. The van der Waals surface area contributed by atoms with Gasteiger partial charge in [0.15, 0.2) is 0 Å². The molecule has 550 valence electrons. The van der Waals surface area contributed by atoms with E-state index in [1.807, 2.05) is 39.8 Å². The monoisotopic (exact) mass is 1430 g/mol. The van der Waals surface area contributed by atoms with Crippen molar-refractivity contribution in [2.45, 2.75) is 156 Å². The van der Waals surface area contributed by atoms with Crippen LogP contribution in [-0.2, 0) is 70.4 Å². The van der Waals surface area contributed by atoms with Gasteiger partial charge in [0.05, 0.1) is 73.9 Å². The van der Waals surface area contributed by atoms with Crippen LogP contribution in [-0.4, -0.2) is 171 Å². The van der Waals surface area contributed by atoms with Gasteiger partial charge in [-0.1, -0.05) is 9.97 Å². The van der Waals surface area contributed by atoms with E-state index in [2.05, 4.69) is 41.2 Å². The number of aliphatic carboxylic acids is 2. The van der Waals surface area contributed by atoms with Gasteiger partial charge in [-0.2, -0.15) is 17.6 Å². The number of carbonyl (C=O) groups is 8. The largest absolute Gasteiger partial charge is 0.481 e. The summed E-state index contributed by atoms with van der Waals surface area (Å²) in [5.74, 6) is -17.5. The number of nitrogens with zero attached hydrogens (tertiary/aromatic N) is 8. The fourth-order valence-electron chi connectivity index (χ4n) is 11.3. The van der Waals surface area contributed by atoms with E-state index in [9.17, 15) is 58.6 Å². The van der Waals surface area contributed by atoms with Crippen molar-refractivity contribution in [2.24, 2.45) is 0 Å². The van der Waals surface area contributed by atoms with Crippen molar-refractivity contribution >= 4 is 104 Å². The van der Waals surface area contributed by atoms with E-state index in [0.29, 0.717) is 98.5 Å². The Balaban J connectivity index is 1.24. The van der Waals surface area contributed by atoms with Crippen LogP contribution in [0.15, 0.2) is 49.1 Å². The molecule has 36 heteroatoms. The van der Waals surface area contributed by atoms with Crippen LogP contribution in [0.3, 0.4) is 0 Å². The summed E-state index contributed by atoms with van der Waals surface area (Å²) in [5, 5.41) is 50.4. The number of H-pyrrole nitrogens is 2. The Hall–Kier alpha value is -10.8. The van der Waals surface area contributed by atoms with Crippen molar-refractivity contribution in [1.29, 1.82) is 0 Å². The molecule has 8 bridgehead atoms. The summed E-state index contributed by atoms with van der Waals surface area (Å²) in [6, 6.07) is 7.24. The van der Waals surface area contributed by atoms with E-state index >= 15 is 17.6 Å². The predicted molar refractivity (Wildman–Crippen MR) is 356 cm³/mol. The fraction of sp³-hybridized carbons (Fsp3) is 0.485. The topological polar surface area (TPSA) is 441 Å². The average molecular weight is 1430 g/mol. The summed E-state index contributed by atoms with van der Waals surface area (Å²) in [4.78, 5) is 143. The molecule has 2 aliphatic heterocycles. The van der Waals surface area contributed by atoms with Crippen LogP contribution in [0.4, 0.5) is 29.5 Å². The Bertz CT molecular complexity index is 4220. The Labute approximate surface area is 579 Å². The number of hydrogen-bond acceptors (Lipinski definition) is 20. The van der Waals surface area contributed by atoms with Crippen LogP contribution in [0.5, 0.6) is 0 Å². The number of rotatable bonds is 40. The molecule has 0 aromatic carbocycles. The molecular weight excluding hydrogens is 1350 g/mol. The zero-order chi connectivity index (χ0) is 74.6. The van der Waals surface area contributed by atoms with E-state index in [4.69, 9.17) is 39.1 Å². The van der Waals surface area contributed by atoms with Crippen molar-refractivity contribution in [3.05, 3.63) is 114 Å². The molecule has 7 heterocycles. The first-order valence-corrected chi connectivity index (χ1v) is 32.7. The van der Waals surface area contributed by atoms with Crippen molar-refractivity contribution in [1.82, 2.24) is 60.3 Å². The van der Waals surface area contributed by atoms with Crippen molar-refractivity contribution < 1.29 is 94.9 Å². The first-order chi connectivity index (χ1) is 48.3. The highest BCUT2D eigenvalue weighted by Crippen LogP contribution is 2.40. The molecule has 0 radical (unpaired) electrons. The maximum Gasteiger partial charge on any atom is 0.434 e. The number of carboxylic acids is 2. The van der Waals surface area contributed by atoms with E-state index < -0.39 is 101 Å². The minimum atomic E-state index is -4.05. The summed E-state index contributed by atoms with van der Waals surface area (Å²) < 4.78 is 84.3. The SMILES string of the molecule is CC1=C(CCC(=O)NCCCOC(=O)CCC(=O)O)c2cc3nc(cc4[nH]c(cc5[nH]c(cc1n2)c(C)c5C(C)OCCCNC(=O)C(F)(F)Cn1ccnc1[N+](=O)[O-])c(C)c4C(C)OCCCNC(=O)C(F)(F)Cn1ccnc1[N+](=O)[O-])C(C)=C3CCC(=O)NCCCOC(=O)CCC(=O)O. The highest BCUT2D eigenvalue weighted by atomic mass is 19.3. The third-order valence-corrected chi connectivity index (χ3v) is 16.6. The molecule has 2 atom stereocenters. The molecule has 102 heavy (non-hydrogen) atoms. The molecular formula is C66H80F4N14O18. The Kier molecular flexibility index (Phi) is 27.7. The number of aromatic amines is 2. The minimum absolute atomic E-state index is 0.0301. The lowest BCUT2D eigenvalue weighted by molar-refractivity contribution is -0.397. The lowest BCUT2D eigenvalue weighted by Gasteiger charge is -2.16. The normalized spacial score (nSPS) is 13.0. The highest BCUT2D eigenvalue weighted by Gasteiger charge is 2.43. The quantitative estimate of drug-likeness (QED) is 0.00601. The van der Waals surface area contributed by atoms with E-state index in [1.54, 1.807) is 26.0 Å². The number of aromatic nitrogens is 8. The number of amides is 4. The lowest BCUT2D eigenvalue weighted by atomic mass is 9.98. The first-order valence-electron chi connectivity index (χ1n) is 32.7. The minimum Gasteiger partial charge on any atom is -0.481 e. The lowest BCUT2D eigenvalue weighted by Crippen LogP contribution is -2.43. The van der Waals surface area contributed by atoms with E-state index in [0.717, 1.165) is 24.8 Å². The third-order valence-electron chi connectivity index (χ3n) is 16.6. The van der Waals surface area contributed by atoms with Gasteiger partial charge in [-0.05, 0) is 148 Å². The second kappa shape index (κ2) is 36.0. The number of esters is 2. The summed E-state index contributed by atoms with van der Waals surface area (Å²) in [5.41, 5.74) is 9.29. The predicted octanol–water partition coefficient (Wildman–Crippen LogP) is 8.23. The van der Waals surface area contributed by atoms with Gasteiger partial charge >= 0.3 is 47.6 Å². The molecule has 32 nitrogen and oxygen atoms in total. The summed E-state index contributed by atoms with van der Waals surface area (Å²) in [6.45, 7) is 7.75. The molecule has 7 rings (SSSR count). The van der Waals surface area contributed by atoms with E-state index in [1.165, 1.54) is 0 Å². The molecule has 5 aromatic heterocycles. The van der Waals surface area contributed by atoms with Crippen LogP contribution in [0.2, 0.25) is 0 Å². The molecule has 0 aliphatic carbocycles. The molecule has 8 N–H and O–H groups in total. The van der Waals surface area contributed by atoms with Gasteiger partial charge in [0.25, 0.3) is 11.8 Å². The van der Waals surface area contributed by atoms with Crippen LogP contribution in [0.1, 0.15) is 162 Å². The molecule has 5 aromatic rings. The van der Waals surface area contributed by atoms with Gasteiger partial charge in [0.1, 0.15) is 37.9 Å². The van der Waals surface area contributed by atoms with Crippen LogP contribution in [0, 0.1) is 34.1 Å². The van der Waals surface area contributed by atoms with Crippen molar-refractivity contribution in [3.63, 3.8) is 0 Å². The number of carbonyl (C=O) groups excluding carboxylic acids is 6. The highest BCUT2D eigenvalue weighted by molar-refractivity contribution is 5.97. The first kappa shape index (κ1) is 78.6. The molecule has 2 unspecified atom stereocenters. The molecule has 0 saturated heterocycles. The number of carboxylic acid groups (broad SMARTS) is 2. The molecule has 0 spiro atoms. The molecule has 0 fully saturated rings. The smallest absolute Gasteiger partial charge is 0.434 e. The van der Waals surface area contributed by atoms with Gasteiger partial charge in [-0.3, -0.25) is 38.4 Å². The standard InChI is InChI=1S/C66H80F4N14O18/c1-37-43(11-13-53(85)71-19-7-29-101-57(91)17-15-55(87)88)49-34-50-44(12-14-54(86)72-20-8-30-102-58(92)18-16-56(89)90)38(2)46(78-50)32-51-60(42(6)100-28-10-22-74-62(94)66(69,70)36-82-26-24-76-64(82)84(97)98)40(4)48(80-51)33-52-59(39(3)47(79-52)31-45(37)77-49)41(5)99-27-9-21-73-61(93)65(67,68)35-81-25-23-75-63(81)83(95)96/h23-26,31-34,41-42,79-80H,7-22,27-30,35-36H2,1-6H3,(H,71,85)(H,72,86)(H,73,93)(H,74,94)(H,87,88)(H,89,90). The Morgan fingerprint density at radius 2 is 0.902 bits per heavy atom. The summed E-state index contributed by atoms with van der Waals surface area (Å²) >= 11 is 0. The summed E-state index contributed by atoms with van der Waals surface area (Å²) in [6.07, 6.45) is 1.82. The maximum absolute atomic E-state index is 15.1. The van der Waals surface area contributed by atoms with Crippen LogP contribution < -0.4 is 21.3 Å². The number of halogens is 4. The number of aryl methyl sites for hydroxylation is 2. The summed E-state index contributed by atoms with van der Waals surface area (Å²) in [7, 11) is 0. The number of allylic oxidation sites excluding steroid dienone is 4. The zero-order valence-electron chi connectivity index (χ0n) is 56.8. The van der Waals surface area contributed by atoms with Gasteiger partial charge in [-0.15, -0.1) is 0 Å². The van der Waals surface area contributed by atoms with Gasteiger partial charge in [0.2, 0.25) is 11.8 Å². The number of nitro groups is 2. The molecule has 2 aliphatic rings. The van der Waals surface area contributed by atoms with Crippen molar-refractivity contribution in [2.75, 3.05) is 52.6 Å². The maximum atomic E-state index is 15.1. The van der Waals surface area contributed by atoms with Crippen molar-refractivity contribution in [3.8, 4) is 0 Å². The molecule has 0 saturated carbocycles. The van der Waals surface area contributed by atoms with Gasteiger partial charge in [0, 0.05) is 85.4 Å². The number of imidazole rings is 2. The third kappa shape index (κ3) is 21.6. The Morgan fingerprint density at radius 1 is 0.529 bits per heavy atom. The molecule has 4 amide bonds. The Morgan fingerprint density at radius 3 is 1.30 bits per heavy atom. The van der Waals surface area contributed by atoms with Crippen LogP contribution in [0.25, 0.3) is 44.4 Å². The average Bonchev–Trinajstić information content (AvgIpc) is 1.61. The van der Waals surface area contributed by atoms with Gasteiger partial charge in [-0.25, -0.2) is 19.1 Å². The van der Waals surface area contributed by atoms with E-state index in [-0.39, 0.29) is 135 Å². The second-order valence-corrected chi connectivity index (χ2v) is 24.0. The zero-order valence-corrected chi connectivity index (χ0v) is 56.8. The second-order valence-electron chi connectivity index (χ2n) is 24.0. The number of alkyl halides is 4. The van der Waals surface area contributed by atoms with Gasteiger partial charge < -0.3 is 80.6 Å². The number of hydrogen-bond donors (Lipinski definition) is 8.